The van der Waals surface area contributed by atoms with Crippen LogP contribution in [0.4, 0.5) is 5.82 Å². The van der Waals surface area contributed by atoms with Gasteiger partial charge in [-0.05, 0) is 40.0 Å². The molecule has 0 radical (unpaired) electrons. The van der Waals surface area contributed by atoms with E-state index in [0.717, 1.165) is 30.2 Å². The van der Waals surface area contributed by atoms with Crippen LogP contribution in [0, 0.1) is 6.92 Å². The number of rotatable bonds is 2. The Hall–Kier alpha value is -1.20. The number of likely N-dealkylation sites (N-methyl/N-ethyl adjacent to an activating group) is 1. The first kappa shape index (κ1) is 14.2. The third-order valence-electron chi connectivity index (χ3n) is 3.91. The molecule has 0 saturated carbocycles. The molecule has 1 aromatic rings. The normalized spacial score (nSPS) is 24.5. The minimum atomic E-state index is 0.432. The lowest BCUT2D eigenvalue weighted by molar-refractivity contribution is 0.169. The molecule has 4 nitrogen and oxygen atoms in total. The zero-order valence-corrected chi connectivity index (χ0v) is 12.9. The second kappa shape index (κ2) is 5.43. The first-order valence-corrected chi connectivity index (χ1v) is 7.04. The molecule has 5 heteroatoms. The van der Waals surface area contributed by atoms with Crippen molar-refractivity contribution >= 4 is 23.0 Å². The Morgan fingerprint density at radius 1 is 1.32 bits per heavy atom. The van der Waals surface area contributed by atoms with E-state index >= 15 is 0 Å². The van der Waals surface area contributed by atoms with Gasteiger partial charge in [0.1, 0.15) is 10.8 Å². The zero-order chi connectivity index (χ0) is 14.2. The minimum Gasteiger partial charge on any atom is -0.389 e. The van der Waals surface area contributed by atoms with Crippen molar-refractivity contribution in [2.45, 2.75) is 32.9 Å². The summed E-state index contributed by atoms with van der Waals surface area (Å²) in [5.74, 6) is 0.981. The van der Waals surface area contributed by atoms with Crippen LogP contribution in [0.15, 0.2) is 12.1 Å². The van der Waals surface area contributed by atoms with Crippen LogP contribution in [0.2, 0.25) is 0 Å². The minimum absolute atomic E-state index is 0.432. The van der Waals surface area contributed by atoms with Crippen molar-refractivity contribution in [3.63, 3.8) is 0 Å². The monoisotopic (exact) mass is 278 g/mol. The Balaban J connectivity index is 2.29. The van der Waals surface area contributed by atoms with Gasteiger partial charge in [0.2, 0.25) is 0 Å². The maximum absolute atomic E-state index is 5.73. The highest BCUT2D eigenvalue weighted by Crippen LogP contribution is 2.21. The lowest BCUT2D eigenvalue weighted by Crippen LogP contribution is -2.55. The molecule has 1 fully saturated rings. The van der Waals surface area contributed by atoms with E-state index in [2.05, 4.69) is 35.7 Å². The summed E-state index contributed by atoms with van der Waals surface area (Å²) < 4.78 is 0. The van der Waals surface area contributed by atoms with E-state index in [1.165, 1.54) is 0 Å². The summed E-state index contributed by atoms with van der Waals surface area (Å²) in [4.78, 5) is 9.79. The molecule has 2 heterocycles. The first-order valence-electron chi connectivity index (χ1n) is 6.64. The van der Waals surface area contributed by atoms with Gasteiger partial charge in [-0.15, -0.1) is 0 Å². The van der Waals surface area contributed by atoms with E-state index in [-0.39, 0.29) is 0 Å². The van der Waals surface area contributed by atoms with Crippen molar-refractivity contribution in [3.8, 4) is 0 Å². The fourth-order valence-corrected chi connectivity index (χ4v) is 2.66. The molecule has 0 aromatic carbocycles. The number of piperazine rings is 1. The van der Waals surface area contributed by atoms with E-state index < -0.39 is 0 Å². The SMILES string of the molecule is Cc1cc(C(N)=S)cc(N2CC(C)N(C)C(C)C2)n1. The maximum atomic E-state index is 5.73. The summed E-state index contributed by atoms with van der Waals surface area (Å²) in [6.07, 6.45) is 0. The summed E-state index contributed by atoms with van der Waals surface area (Å²) in [6, 6.07) is 4.97. The van der Waals surface area contributed by atoms with Gasteiger partial charge >= 0.3 is 0 Å². The molecule has 2 N–H and O–H groups in total. The molecule has 2 atom stereocenters. The van der Waals surface area contributed by atoms with Crippen molar-refractivity contribution < 1.29 is 0 Å². The molecule has 1 aliphatic heterocycles. The van der Waals surface area contributed by atoms with Crippen molar-refractivity contribution in [2.24, 2.45) is 5.73 Å². The Bertz CT molecular complexity index is 476. The van der Waals surface area contributed by atoms with Crippen molar-refractivity contribution in [2.75, 3.05) is 25.0 Å². The van der Waals surface area contributed by atoms with Gasteiger partial charge < -0.3 is 10.6 Å². The van der Waals surface area contributed by atoms with Gasteiger partial charge in [0.15, 0.2) is 0 Å². The van der Waals surface area contributed by atoms with Crippen LogP contribution in [-0.2, 0) is 0 Å². The zero-order valence-electron chi connectivity index (χ0n) is 12.1. The third kappa shape index (κ3) is 3.04. The first-order chi connectivity index (χ1) is 8.88. The molecule has 0 amide bonds. The number of aryl methyl sites for hydroxylation is 1. The predicted octanol–water partition coefficient (Wildman–Crippen LogP) is 1.55. The van der Waals surface area contributed by atoms with Crippen molar-refractivity contribution in [1.29, 1.82) is 0 Å². The van der Waals surface area contributed by atoms with E-state index in [4.69, 9.17) is 18.0 Å². The highest BCUT2D eigenvalue weighted by Gasteiger charge is 2.27. The Morgan fingerprint density at radius 2 is 1.89 bits per heavy atom. The average Bonchev–Trinajstić information content (AvgIpc) is 2.34. The van der Waals surface area contributed by atoms with Gasteiger partial charge in [0.25, 0.3) is 0 Å². The highest BCUT2D eigenvalue weighted by atomic mass is 32.1. The van der Waals surface area contributed by atoms with E-state index in [1.54, 1.807) is 0 Å². The van der Waals surface area contributed by atoms with Crippen molar-refractivity contribution in [3.05, 3.63) is 23.4 Å². The molecule has 1 aliphatic rings. The Kier molecular flexibility index (Phi) is 4.06. The van der Waals surface area contributed by atoms with Crippen LogP contribution in [-0.4, -0.2) is 47.1 Å². The molecule has 1 aromatic heterocycles. The van der Waals surface area contributed by atoms with Crippen LogP contribution in [0.1, 0.15) is 25.1 Å². The molecule has 0 aliphatic carbocycles. The van der Waals surface area contributed by atoms with Crippen LogP contribution < -0.4 is 10.6 Å². The number of hydrogen-bond donors (Lipinski definition) is 1. The lowest BCUT2D eigenvalue weighted by Gasteiger charge is -2.43. The molecule has 0 bridgehead atoms. The Morgan fingerprint density at radius 3 is 2.42 bits per heavy atom. The van der Waals surface area contributed by atoms with Gasteiger partial charge in [-0.1, -0.05) is 12.2 Å². The fraction of sp³-hybridized carbons (Fsp3) is 0.571. The van der Waals surface area contributed by atoms with Gasteiger partial charge in [0.05, 0.1) is 0 Å². The van der Waals surface area contributed by atoms with Gasteiger partial charge in [0, 0.05) is 36.4 Å². The standard InChI is InChI=1S/C14H22N4S/c1-9-5-12(14(15)19)6-13(16-9)18-7-10(2)17(4)11(3)8-18/h5-6,10-11H,7-8H2,1-4H3,(H2,15,19). The highest BCUT2D eigenvalue weighted by molar-refractivity contribution is 7.80. The lowest BCUT2D eigenvalue weighted by atomic mass is 10.1. The molecule has 0 spiro atoms. The van der Waals surface area contributed by atoms with Crippen LogP contribution in [0.5, 0.6) is 0 Å². The quantitative estimate of drug-likeness (QED) is 0.832. The molecule has 2 rings (SSSR count). The number of pyridine rings is 1. The van der Waals surface area contributed by atoms with Crippen LogP contribution in [0.25, 0.3) is 0 Å². The summed E-state index contributed by atoms with van der Waals surface area (Å²) >= 11 is 5.07. The Labute approximate surface area is 120 Å². The summed E-state index contributed by atoms with van der Waals surface area (Å²) in [5, 5.41) is 0. The van der Waals surface area contributed by atoms with Crippen LogP contribution in [0.3, 0.4) is 0 Å². The topological polar surface area (TPSA) is 45.4 Å². The number of thiocarbonyl (C=S) groups is 1. The summed E-state index contributed by atoms with van der Waals surface area (Å²) in [6.45, 7) is 8.43. The summed E-state index contributed by atoms with van der Waals surface area (Å²) in [5.41, 5.74) is 7.59. The van der Waals surface area contributed by atoms with Gasteiger partial charge in [-0.2, -0.15) is 0 Å². The van der Waals surface area contributed by atoms with Crippen LogP contribution >= 0.6 is 12.2 Å². The van der Waals surface area contributed by atoms with Crippen molar-refractivity contribution in [1.82, 2.24) is 9.88 Å². The number of nitrogens with two attached hydrogens (primary N) is 1. The predicted molar refractivity (Wildman–Crippen MR) is 83.8 cm³/mol. The average molecular weight is 278 g/mol. The van der Waals surface area contributed by atoms with E-state index in [1.807, 2.05) is 19.1 Å². The molecular formula is C14H22N4S. The van der Waals surface area contributed by atoms with Gasteiger partial charge in [-0.25, -0.2) is 4.98 Å². The largest absolute Gasteiger partial charge is 0.389 e. The summed E-state index contributed by atoms with van der Waals surface area (Å²) in [7, 11) is 2.18. The smallest absolute Gasteiger partial charge is 0.129 e. The molecular weight excluding hydrogens is 256 g/mol. The second-order valence-electron chi connectivity index (χ2n) is 5.49. The fourth-order valence-electron chi connectivity index (χ4n) is 2.55. The van der Waals surface area contributed by atoms with E-state index in [9.17, 15) is 0 Å². The van der Waals surface area contributed by atoms with Gasteiger partial charge in [-0.3, -0.25) is 4.90 Å². The number of anilines is 1. The molecule has 19 heavy (non-hydrogen) atoms. The van der Waals surface area contributed by atoms with E-state index in [0.29, 0.717) is 17.1 Å². The maximum Gasteiger partial charge on any atom is 0.129 e. The number of nitrogens with zero attached hydrogens (tertiary/aromatic N) is 3. The molecule has 104 valence electrons. The number of hydrogen-bond acceptors (Lipinski definition) is 4. The molecule has 1 saturated heterocycles. The number of aromatic nitrogens is 1. The molecule has 2 unspecified atom stereocenters. The third-order valence-corrected chi connectivity index (χ3v) is 4.14. The second-order valence-corrected chi connectivity index (χ2v) is 5.93.